The maximum Gasteiger partial charge on any atom is 0.352 e. The van der Waals surface area contributed by atoms with Crippen molar-refractivity contribution in [2.75, 3.05) is 5.75 Å². The summed E-state index contributed by atoms with van der Waals surface area (Å²) in [7, 11) is 0. The van der Waals surface area contributed by atoms with Crippen molar-refractivity contribution in [3.8, 4) is 11.3 Å². The van der Waals surface area contributed by atoms with Crippen LogP contribution in [0.2, 0.25) is 0 Å². The maximum atomic E-state index is 12.6. The molecule has 2 heterocycles. The quantitative estimate of drug-likeness (QED) is 0.870. The minimum Gasteiger partial charge on any atom is -0.477 e. The molecule has 0 fully saturated rings. The molecule has 0 bridgehead atoms. The van der Waals surface area contributed by atoms with E-state index in [1.165, 1.54) is 25.5 Å². The first kappa shape index (κ1) is 17.1. The van der Waals surface area contributed by atoms with Crippen LogP contribution in [-0.4, -0.2) is 32.4 Å². The summed E-state index contributed by atoms with van der Waals surface area (Å²) < 4.78 is 6.38. The molecule has 23 heavy (non-hydrogen) atoms. The van der Waals surface area contributed by atoms with E-state index in [1.807, 2.05) is 6.92 Å². The molecule has 1 unspecified atom stereocenters. The number of furan rings is 1. The van der Waals surface area contributed by atoms with Gasteiger partial charge in [-0.05, 0) is 24.6 Å². The van der Waals surface area contributed by atoms with Crippen LogP contribution in [-0.2, 0) is 4.79 Å². The molecular formula is C16H17NO5S. The maximum absolute atomic E-state index is 12.6. The van der Waals surface area contributed by atoms with E-state index < -0.39 is 11.9 Å². The summed E-state index contributed by atoms with van der Waals surface area (Å²) in [6.45, 7) is 3.27. The van der Waals surface area contributed by atoms with Crippen LogP contribution in [0.1, 0.15) is 35.6 Å². The van der Waals surface area contributed by atoms with Gasteiger partial charge in [-0.2, -0.15) is 0 Å². The van der Waals surface area contributed by atoms with Gasteiger partial charge in [-0.25, -0.2) is 4.79 Å². The van der Waals surface area contributed by atoms with Crippen molar-refractivity contribution in [3.05, 3.63) is 36.4 Å². The van der Waals surface area contributed by atoms with Gasteiger partial charge in [0.05, 0.1) is 6.26 Å². The Balaban J connectivity index is 2.34. The molecule has 0 aliphatic carbocycles. The Morgan fingerprint density at radius 1 is 1.39 bits per heavy atom. The number of hydrogen-bond acceptors (Lipinski definition) is 5. The zero-order valence-electron chi connectivity index (χ0n) is 12.8. The fourth-order valence-electron chi connectivity index (χ4n) is 2.17. The van der Waals surface area contributed by atoms with Crippen molar-refractivity contribution in [1.82, 2.24) is 4.57 Å². The normalized spacial score (nSPS) is 12.1. The van der Waals surface area contributed by atoms with Crippen LogP contribution in [0, 0.1) is 5.92 Å². The molecule has 0 saturated carbocycles. The van der Waals surface area contributed by atoms with Crippen molar-refractivity contribution in [3.63, 3.8) is 0 Å². The lowest BCUT2D eigenvalue weighted by atomic mass is 10.1. The van der Waals surface area contributed by atoms with Crippen LogP contribution in [0.15, 0.2) is 35.1 Å². The van der Waals surface area contributed by atoms with Crippen LogP contribution in [0.3, 0.4) is 0 Å². The van der Waals surface area contributed by atoms with E-state index in [1.54, 1.807) is 12.1 Å². The lowest BCUT2D eigenvalue weighted by molar-refractivity contribution is -0.109. The second kappa shape index (κ2) is 7.32. The zero-order valence-corrected chi connectivity index (χ0v) is 13.6. The Labute approximate surface area is 137 Å². The largest absolute Gasteiger partial charge is 0.477 e. The van der Waals surface area contributed by atoms with E-state index in [9.17, 15) is 19.5 Å². The first-order valence-electron chi connectivity index (χ1n) is 7.11. The molecule has 2 aromatic heterocycles. The first-order chi connectivity index (χ1) is 10.9. The van der Waals surface area contributed by atoms with Gasteiger partial charge in [0.2, 0.25) is 5.91 Å². The fraction of sp³-hybridized carbons (Fsp3) is 0.312. The molecule has 0 aliphatic rings. The monoisotopic (exact) mass is 335 g/mol. The third kappa shape index (κ3) is 3.92. The van der Waals surface area contributed by atoms with Gasteiger partial charge in [0, 0.05) is 30.4 Å². The summed E-state index contributed by atoms with van der Waals surface area (Å²) in [5.74, 6) is -1.14. The number of hydrogen-bond donors (Lipinski definition) is 1. The van der Waals surface area contributed by atoms with Crippen LogP contribution < -0.4 is 0 Å². The molecule has 122 valence electrons. The number of rotatable bonds is 6. The minimum absolute atomic E-state index is 0.0708. The zero-order chi connectivity index (χ0) is 17.0. The van der Waals surface area contributed by atoms with Crippen molar-refractivity contribution in [2.45, 2.75) is 20.3 Å². The molecule has 0 saturated heterocycles. The molecule has 2 rings (SSSR count). The lowest BCUT2D eigenvalue weighted by Gasteiger charge is -2.14. The lowest BCUT2D eigenvalue weighted by Crippen LogP contribution is -2.25. The van der Waals surface area contributed by atoms with E-state index in [2.05, 4.69) is 0 Å². The van der Waals surface area contributed by atoms with Crippen LogP contribution in [0.25, 0.3) is 11.3 Å². The van der Waals surface area contributed by atoms with Crippen molar-refractivity contribution in [1.29, 1.82) is 0 Å². The molecule has 0 aromatic carbocycles. The standard InChI is InChI=1S/C16H17NO5S/c1-3-11(9-23-10(2)18)15(19)17-8-12(7-13(17)16(20)21)14-5-4-6-22-14/h4-8,11H,3,9H2,1-2H3,(H,20,21). The molecule has 0 spiro atoms. The predicted molar refractivity (Wildman–Crippen MR) is 86.6 cm³/mol. The van der Waals surface area contributed by atoms with Gasteiger partial charge < -0.3 is 9.52 Å². The summed E-state index contributed by atoms with van der Waals surface area (Å²) in [6, 6.07) is 4.79. The number of carbonyl (C=O) groups excluding carboxylic acids is 2. The van der Waals surface area contributed by atoms with E-state index in [0.717, 1.165) is 16.3 Å². The number of thioether (sulfide) groups is 1. The predicted octanol–water partition coefficient (Wildman–Crippen LogP) is 3.39. The molecular weight excluding hydrogens is 318 g/mol. The van der Waals surface area contributed by atoms with Crippen molar-refractivity contribution in [2.24, 2.45) is 5.92 Å². The first-order valence-corrected chi connectivity index (χ1v) is 8.09. The number of carbonyl (C=O) groups is 3. The second-order valence-corrected chi connectivity index (χ2v) is 6.21. The summed E-state index contributed by atoms with van der Waals surface area (Å²) in [4.78, 5) is 35.2. The third-order valence-corrected chi connectivity index (χ3v) is 4.39. The van der Waals surface area contributed by atoms with E-state index >= 15 is 0 Å². The number of aromatic nitrogens is 1. The number of carboxylic acid groups (broad SMARTS) is 1. The van der Waals surface area contributed by atoms with Gasteiger partial charge in [0.25, 0.3) is 0 Å². The summed E-state index contributed by atoms with van der Waals surface area (Å²) in [5, 5.41) is 9.26. The summed E-state index contributed by atoms with van der Waals surface area (Å²) in [6.07, 6.45) is 3.46. The van der Waals surface area contributed by atoms with E-state index in [-0.39, 0.29) is 16.7 Å². The average Bonchev–Trinajstić information content (AvgIpc) is 3.16. The Morgan fingerprint density at radius 3 is 2.65 bits per heavy atom. The topological polar surface area (TPSA) is 89.5 Å². The molecule has 2 aromatic rings. The number of nitrogens with zero attached hydrogens (tertiary/aromatic N) is 1. The van der Waals surface area contributed by atoms with Crippen molar-refractivity contribution < 1.29 is 23.9 Å². The van der Waals surface area contributed by atoms with Crippen molar-refractivity contribution >= 4 is 28.8 Å². The van der Waals surface area contributed by atoms with Crippen LogP contribution >= 0.6 is 11.8 Å². The highest BCUT2D eigenvalue weighted by molar-refractivity contribution is 8.13. The van der Waals surface area contributed by atoms with Crippen LogP contribution in [0.4, 0.5) is 0 Å². The van der Waals surface area contributed by atoms with Gasteiger partial charge in [-0.15, -0.1) is 0 Å². The third-order valence-electron chi connectivity index (χ3n) is 3.41. The molecule has 7 heteroatoms. The molecule has 6 nitrogen and oxygen atoms in total. The molecule has 0 amide bonds. The van der Waals surface area contributed by atoms with Gasteiger partial charge in [0.1, 0.15) is 11.5 Å². The molecule has 1 N–H and O–H groups in total. The summed E-state index contributed by atoms with van der Waals surface area (Å²) in [5.41, 5.74) is 0.405. The van der Waals surface area contributed by atoms with Gasteiger partial charge in [0.15, 0.2) is 5.12 Å². The highest BCUT2D eigenvalue weighted by atomic mass is 32.2. The average molecular weight is 335 g/mol. The Bertz CT molecular complexity index is 717. The SMILES string of the molecule is CCC(CSC(C)=O)C(=O)n1cc(-c2ccco2)cc1C(=O)O. The fourth-order valence-corrected chi connectivity index (χ4v) is 2.98. The highest BCUT2D eigenvalue weighted by Crippen LogP contribution is 2.25. The van der Waals surface area contributed by atoms with E-state index in [0.29, 0.717) is 23.5 Å². The molecule has 0 radical (unpaired) electrons. The van der Waals surface area contributed by atoms with Crippen LogP contribution in [0.5, 0.6) is 0 Å². The summed E-state index contributed by atoms with van der Waals surface area (Å²) >= 11 is 1.07. The van der Waals surface area contributed by atoms with Gasteiger partial charge >= 0.3 is 5.97 Å². The molecule has 0 aliphatic heterocycles. The Kier molecular flexibility index (Phi) is 5.44. The number of aromatic carboxylic acids is 1. The molecule has 1 atom stereocenters. The van der Waals surface area contributed by atoms with Gasteiger partial charge in [-0.1, -0.05) is 18.7 Å². The van der Waals surface area contributed by atoms with E-state index in [4.69, 9.17) is 4.42 Å². The minimum atomic E-state index is -1.19. The Hall–Kier alpha value is -2.28. The Morgan fingerprint density at radius 2 is 2.13 bits per heavy atom. The smallest absolute Gasteiger partial charge is 0.352 e. The second-order valence-electron chi connectivity index (χ2n) is 5.01. The number of carboxylic acids is 1. The highest BCUT2D eigenvalue weighted by Gasteiger charge is 2.25. The van der Waals surface area contributed by atoms with Gasteiger partial charge in [-0.3, -0.25) is 14.2 Å².